The van der Waals surface area contributed by atoms with Gasteiger partial charge in [0.15, 0.2) is 0 Å². The number of hydrogen-bond acceptors (Lipinski definition) is 4. The first-order valence-electron chi connectivity index (χ1n) is 7.52. The van der Waals surface area contributed by atoms with Gasteiger partial charge in [0.2, 0.25) is 0 Å². The molecule has 0 aromatic heterocycles. The molecular weight excluding hydrogens is 226 g/mol. The molecule has 0 bridgehead atoms. The number of nitrogens with two attached hydrogens (primary N) is 1. The third-order valence-electron chi connectivity index (χ3n) is 4.48. The van der Waals surface area contributed by atoms with E-state index in [-0.39, 0.29) is 0 Å². The molecule has 2 rings (SSSR count). The van der Waals surface area contributed by atoms with Gasteiger partial charge in [-0.05, 0) is 39.3 Å². The molecule has 2 saturated heterocycles. The second-order valence-corrected chi connectivity index (χ2v) is 5.77. The van der Waals surface area contributed by atoms with Crippen LogP contribution >= 0.6 is 0 Å². The Labute approximate surface area is 111 Å². The van der Waals surface area contributed by atoms with Crippen LogP contribution in [0.4, 0.5) is 0 Å². The zero-order valence-corrected chi connectivity index (χ0v) is 12.0. The lowest BCUT2D eigenvalue weighted by molar-refractivity contribution is 0.00847. The molecule has 3 unspecified atom stereocenters. The van der Waals surface area contributed by atoms with E-state index in [9.17, 15) is 0 Å². The van der Waals surface area contributed by atoms with Crippen molar-refractivity contribution in [3.63, 3.8) is 0 Å². The highest BCUT2D eigenvalue weighted by Crippen LogP contribution is 2.23. The van der Waals surface area contributed by atoms with E-state index in [4.69, 9.17) is 10.5 Å². The fraction of sp³-hybridized carbons (Fsp3) is 1.00. The maximum Gasteiger partial charge on any atom is 0.0743 e. The molecule has 4 nitrogen and oxygen atoms in total. The van der Waals surface area contributed by atoms with Crippen molar-refractivity contribution in [2.75, 3.05) is 39.8 Å². The second-order valence-electron chi connectivity index (χ2n) is 5.77. The lowest BCUT2D eigenvalue weighted by atomic mass is 10.0. The van der Waals surface area contributed by atoms with Crippen molar-refractivity contribution in [3.05, 3.63) is 0 Å². The van der Waals surface area contributed by atoms with E-state index < -0.39 is 0 Å². The summed E-state index contributed by atoms with van der Waals surface area (Å²) in [5.74, 6) is 0. The fourth-order valence-electron chi connectivity index (χ4n) is 3.47. The maximum absolute atomic E-state index is 6.05. The van der Waals surface area contributed by atoms with Gasteiger partial charge in [0, 0.05) is 38.3 Å². The quantitative estimate of drug-likeness (QED) is 0.811. The zero-order chi connectivity index (χ0) is 13.0. The van der Waals surface area contributed by atoms with Crippen LogP contribution in [0.5, 0.6) is 0 Å². The summed E-state index contributed by atoms with van der Waals surface area (Å²) < 4.78 is 5.88. The summed E-state index contributed by atoms with van der Waals surface area (Å²) in [5, 5.41) is 0. The molecule has 0 aromatic rings. The molecule has 106 valence electrons. The van der Waals surface area contributed by atoms with Crippen LogP contribution in [0.15, 0.2) is 0 Å². The van der Waals surface area contributed by atoms with Crippen molar-refractivity contribution in [2.24, 2.45) is 5.73 Å². The Morgan fingerprint density at radius 2 is 2.17 bits per heavy atom. The molecule has 0 aromatic carbocycles. The summed E-state index contributed by atoms with van der Waals surface area (Å²) in [6.45, 7) is 7.48. The molecule has 2 N–H and O–H groups in total. The first kappa shape index (κ1) is 14.3. The SMILES string of the molecule is CCC1CN(C)CCCN1C(CN)C1CCCO1. The predicted molar refractivity (Wildman–Crippen MR) is 74.7 cm³/mol. The Morgan fingerprint density at radius 1 is 1.33 bits per heavy atom. The Kier molecular flexibility index (Phi) is 5.42. The molecular formula is C14H29N3O. The van der Waals surface area contributed by atoms with Crippen LogP contribution in [0.25, 0.3) is 0 Å². The van der Waals surface area contributed by atoms with Crippen molar-refractivity contribution < 1.29 is 4.74 Å². The lowest BCUT2D eigenvalue weighted by Crippen LogP contribution is -2.54. The molecule has 2 fully saturated rings. The summed E-state index contributed by atoms with van der Waals surface area (Å²) in [6, 6.07) is 1.05. The van der Waals surface area contributed by atoms with E-state index >= 15 is 0 Å². The Morgan fingerprint density at radius 3 is 2.78 bits per heavy atom. The van der Waals surface area contributed by atoms with Crippen LogP contribution < -0.4 is 5.73 Å². The van der Waals surface area contributed by atoms with E-state index in [1.165, 1.54) is 45.3 Å². The zero-order valence-electron chi connectivity index (χ0n) is 12.0. The van der Waals surface area contributed by atoms with Gasteiger partial charge >= 0.3 is 0 Å². The van der Waals surface area contributed by atoms with Gasteiger partial charge in [-0.15, -0.1) is 0 Å². The van der Waals surface area contributed by atoms with Crippen LogP contribution in [0.2, 0.25) is 0 Å². The van der Waals surface area contributed by atoms with Gasteiger partial charge in [-0.3, -0.25) is 4.90 Å². The van der Waals surface area contributed by atoms with Crippen LogP contribution in [-0.4, -0.2) is 67.8 Å². The van der Waals surface area contributed by atoms with Crippen molar-refractivity contribution in [1.82, 2.24) is 9.80 Å². The first-order chi connectivity index (χ1) is 8.76. The van der Waals surface area contributed by atoms with Crippen LogP contribution in [0, 0.1) is 0 Å². The normalized spacial score (nSPS) is 33.5. The summed E-state index contributed by atoms with van der Waals surface area (Å²) in [6.07, 6.45) is 5.20. The number of likely N-dealkylation sites (N-methyl/N-ethyl adjacent to an activating group) is 1. The Balaban J connectivity index is 2.05. The minimum atomic E-state index is 0.368. The number of hydrogen-bond donors (Lipinski definition) is 1. The van der Waals surface area contributed by atoms with Gasteiger partial charge in [0.05, 0.1) is 6.10 Å². The molecule has 2 aliphatic heterocycles. The summed E-state index contributed by atoms with van der Waals surface area (Å²) in [5.41, 5.74) is 6.05. The van der Waals surface area contributed by atoms with Gasteiger partial charge in [0.25, 0.3) is 0 Å². The van der Waals surface area contributed by atoms with Gasteiger partial charge in [-0.2, -0.15) is 0 Å². The molecule has 0 amide bonds. The summed E-state index contributed by atoms with van der Waals surface area (Å²) in [7, 11) is 2.23. The number of ether oxygens (including phenoxy) is 1. The molecule has 0 spiro atoms. The smallest absolute Gasteiger partial charge is 0.0743 e. The van der Waals surface area contributed by atoms with Gasteiger partial charge < -0.3 is 15.4 Å². The average molecular weight is 255 g/mol. The topological polar surface area (TPSA) is 41.7 Å². The van der Waals surface area contributed by atoms with Gasteiger partial charge in [-0.1, -0.05) is 6.92 Å². The van der Waals surface area contributed by atoms with E-state index in [1.807, 2.05) is 0 Å². The predicted octanol–water partition coefficient (Wildman–Crippen LogP) is 0.909. The molecule has 2 heterocycles. The van der Waals surface area contributed by atoms with E-state index in [0.717, 1.165) is 13.2 Å². The third-order valence-corrected chi connectivity index (χ3v) is 4.48. The summed E-state index contributed by atoms with van der Waals surface area (Å²) >= 11 is 0. The third kappa shape index (κ3) is 3.23. The average Bonchev–Trinajstić information content (AvgIpc) is 2.82. The van der Waals surface area contributed by atoms with Gasteiger partial charge in [0.1, 0.15) is 0 Å². The highest BCUT2D eigenvalue weighted by molar-refractivity contribution is 4.89. The highest BCUT2D eigenvalue weighted by Gasteiger charge is 2.34. The van der Waals surface area contributed by atoms with Gasteiger partial charge in [-0.25, -0.2) is 0 Å². The monoisotopic (exact) mass is 255 g/mol. The molecule has 18 heavy (non-hydrogen) atoms. The van der Waals surface area contributed by atoms with Crippen molar-refractivity contribution in [2.45, 2.75) is 50.8 Å². The molecule has 4 heteroatoms. The van der Waals surface area contributed by atoms with Crippen LogP contribution in [0.3, 0.4) is 0 Å². The molecule has 3 atom stereocenters. The minimum Gasteiger partial charge on any atom is -0.377 e. The minimum absolute atomic E-state index is 0.368. The Bertz CT molecular complexity index is 243. The summed E-state index contributed by atoms with van der Waals surface area (Å²) in [4.78, 5) is 5.09. The van der Waals surface area contributed by atoms with Crippen molar-refractivity contribution in [1.29, 1.82) is 0 Å². The Hall–Kier alpha value is -0.160. The van der Waals surface area contributed by atoms with Crippen LogP contribution in [-0.2, 0) is 4.74 Å². The van der Waals surface area contributed by atoms with E-state index in [2.05, 4.69) is 23.8 Å². The largest absolute Gasteiger partial charge is 0.377 e. The van der Waals surface area contributed by atoms with Crippen molar-refractivity contribution >= 4 is 0 Å². The maximum atomic E-state index is 6.05. The molecule has 0 aliphatic carbocycles. The second kappa shape index (κ2) is 6.85. The van der Waals surface area contributed by atoms with Crippen LogP contribution in [0.1, 0.15) is 32.6 Å². The standard InChI is InChI=1S/C14H29N3O/c1-3-12-11-16(2)7-5-8-17(12)13(10-15)14-6-4-9-18-14/h12-14H,3-11,15H2,1-2H3. The molecule has 0 radical (unpaired) electrons. The van der Waals surface area contributed by atoms with Crippen molar-refractivity contribution in [3.8, 4) is 0 Å². The fourth-order valence-corrected chi connectivity index (χ4v) is 3.47. The van der Waals surface area contributed by atoms with E-state index in [0.29, 0.717) is 18.2 Å². The highest BCUT2D eigenvalue weighted by atomic mass is 16.5. The lowest BCUT2D eigenvalue weighted by Gasteiger charge is -2.39. The number of nitrogens with zero attached hydrogens (tertiary/aromatic N) is 2. The van der Waals surface area contributed by atoms with E-state index in [1.54, 1.807) is 0 Å². The first-order valence-corrected chi connectivity index (χ1v) is 7.52. The number of rotatable bonds is 4. The molecule has 0 saturated carbocycles. The molecule has 2 aliphatic rings.